The number of nitrogens with one attached hydrogen (secondary N) is 1. The van der Waals surface area contributed by atoms with Gasteiger partial charge in [0.1, 0.15) is 5.82 Å². The van der Waals surface area contributed by atoms with E-state index in [2.05, 4.69) is 12.2 Å². The Morgan fingerprint density at radius 2 is 2.18 bits per heavy atom. The zero-order valence-electron chi connectivity index (χ0n) is 12.4. The molecule has 1 aromatic rings. The molecule has 1 aliphatic rings. The van der Waals surface area contributed by atoms with Crippen molar-refractivity contribution in [2.24, 2.45) is 5.92 Å². The molecule has 1 saturated carbocycles. The number of hydrogen-bond acceptors (Lipinski definition) is 4. The third-order valence-electron chi connectivity index (χ3n) is 3.94. The van der Waals surface area contributed by atoms with Crippen molar-refractivity contribution >= 4 is 11.6 Å². The highest BCUT2D eigenvalue weighted by Crippen LogP contribution is 2.27. The molecule has 0 aliphatic heterocycles. The molecule has 1 N–H and O–H groups in total. The van der Waals surface area contributed by atoms with Crippen molar-refractivity contribution in [2.45, 2.75) is 38.6 Å². The van der Waals surface area contributed by atoms with Gasteiger partial charge in [-0.3, -0.25) is 14.9 Å². The molecule has 1 amide bonds. The first-order valence-corrected chi connectivity index (χ1v) is 7.33. The van der Waals surface area contributed by atoms with Crippen molar-refractivity contribution in [1.82, 2.24) is 5.32 Å². The van der Waals surface area contributed by atoms with Crippen LogP contribution in [0.5, 0.6) is 5.75 Å². The van der Waals surface area contributed by atoms with Gasteiger partial charge in [0, 0.05) is 18.2 Å². The Morgan fingerprint density at radius 3 is 2.86 bits per heavy atom. The second-order valence-electron chi connectivity index (χ2n) is 5.59. The van der Waals surface area contributed by atoms with Gasteiger partial charge in [-0.05, 0) is 24.8 Å². The molecule has 0 spiro atoms. The van der Waals surface area contributed by atoms with Gasteiger partial charge in [-0.1, -0.05) is 19.8 Å². The Balaban J connectivity index is 1.93. The van der Waals surface area contributed by atoms with Crippen molar-refractivity contribution in [2.75, 3.05) is 6.61 Å². The van der Waals surface area contributed by atoms with E-state index in [0.717, 1.165) is 37.5 Å². The molecule has 1 aromatic carbocycles. The van der Waals surface area contributed by atoms with E-state index in [4.69, 9.17) is 4.74 Å². The Morgan fingerprint density at radius 1 is 1.45 bits per heavy atom. The van der Waals surface area contributed by atoms with Crippen LogP contribution in [0.1, 0.15) is 32.6 Å². The van der Waals surface area contributed by atoms with Crippen molar-refractivity contribution in [3.63, 3.8) is 0 Å². The Labute approximate surface area is 127 Å². The van der Waals surface area contributed by atoms with E-state index >= 15 is 0 Å². The molecule has 1 aliphatic carbocycles. The molecule has 0 radical (unpaired) electrons. The number of nitro benzene ring substituents is 1. The summed E-state index contributed by atoms with van der Waals surface area (Å²) in [5.41, 5.74) is -0.361. The number of halogens is 1. The number of nitrogens with zero attached hydrogens (tertiary/aromatic N) is 1. The lowest BCUT2D eigenvalue weighted by molar-refractivity contribution is -0.385. The molecule has 0 saturated heterocycles. The molecule has 7 heteroatoms. The summed E-state index contributed by atoms with van der Waals surface area (Å²) in [6.45, 7) is 1.72. The lowest BCUT2D eigenvalue weighted by Crippen LogP contribution is -2.43. The van der Waals surface area contributed by atoms with E-state index in [1.807, 2.05) is 0 Å². The van der Waals surface area contributed by atoms with Gasteiger partial charge in [0.25, 0.3) is 5.91 Å². The predicted octanol–water partition coefficient (Wildman–Crippen LogP) is 2.81. The zero-order chi connectivity index (χ0) is 16.1. The molecule has 22 heavy (non-hydrogen) atoms. The zero-order valence-corrected chi connectivity index (χ0v) is 12.4. The standard InChI is InChI=1S/C15H19FN2O4/c1-10-4-2-3-5-12(10)17-15(19)9-22-14-8-11(16)6-7-13(14)18(20)21/h6-8,10,12H,2-5,9H2,1H3,(H,17,19)/t10-,12+/m0/s1. The molecule has 120 valence electrons. The van der Waals surface area contributed by atoms with Gasteiger partial charge in [-0.25, -0.2) is 4.39 Å². The van der Waals surface area contributed by atoms with Crippen LogP contribution in [0.25, 0.3) is 0 Å². The second kappa shape index (κ2) is 7.20. The van der Waals surface area contributed by atoms with Crippen molar-refractivity contribution < 1.29 is 18.8 Å². The number of rotatable bonds is 5. The molecule has 0 bridgehead atoms. The molecule has 0 unspecified atom stereocenters. The van der Waals surface area contributed by atoms with Crippen LogP contribution in [0.2, 0.25) is 0 Å². The van der Waals surface area contributed by atoms with E-state index in [1.165, 1.54) is 6.42 Å². The maximum atomic E-state index is 13.2. The maximum absolute atomic E-state index is 13.2. The van der Waals surface area contributed by atoms with Crippen LogP contribution < -0.4 is 10.1 Å². The molecular formula is C15H19FN2O4. The van der Waals surface area contributed by atoms with E-state index in [1.54, 1.807) is 0 Å². The summed E-state index contributed by atoms with van der Waals surface area (Å²) in [5, 5.41) is 13.7. The molecule has 1 fully saturated rings. The quantitative estimate of drug-likeness (QED) is 0.669. The van der Waals surface area contributed by atoms with Crippen LogP contribution in [0.4, 0.5) is 10.1 Å². The molecule has 2 atom stereocenters. The molecule has 6 nitrogen and oxygen atoms in total. The Bertz CT molecular complexity index is 564. The van der Waals surface area contributed by atoms with Gasteiger partial charge >= 0.3 is 5.69 Å². The number of carbonyl (C=O) groups excluding carboxylic acids is 1. The Kier molecular flexibility index (Phi) is 5.30. The third kappa shape index (κ3) is 4.16. The number of amides is 1. The normalized spacial score (nSPS) is 21.2. The SMILES string of the molecule is C[C@H]1CCCC[C@H]1NC(=O)COc1cc(F)ccc1[N+](=O)[O-]. The highest BCUT2D eigenvalue weighted by Gasteiger charge is 2.23. The van der Waals surface area contributed by atoms with E-state index in [-0.39, 0.29) is 30.0 Å². The first kappa shape index (κ1) is 16.2. The van der Waals surface area contributed by atoms with E-state index < -0.39 is 10.7 Å². The predicted molar refractivity (Wildman–Crippen MR) is 78.1 cm³/mol. The van der Waals surface area contributed by atoms with Crippen LogP contribution in [0.15, 0.2) is 18.2 Å². The summed E-state index contributed by atoms with van der Waals surface area (Å²) < 4.78 is 18.3. The van der Waals surface area contributed by atoms with Gasteiger partial charge in [-0.2, -0.15) is 0 Å². The van der Waals surface area contributed by atoms with Gasteiger partial charge in [0.2, 0.25) is 5.75 Å². The minimum absolute atomic E-state index is 0.104. The molecule has 0 aromatic heterocycles. The lowest BCUT2D eigenvalue weighted by Gasteiger charge is -2.29. The van der Waals surface area contributed by atoms with E-state index in [9.17, 15) is 19.3 Å². The van der Waals surface area contributed by atoms with Crippen LogP contribution in [0.3, 0.4) is 0 Å². The number of ether oxygens (including phenoxy) is 1. The van der Waals surface area contributed by atoms with Crippen LogP contribution in [0, 0.1) is 21.8 Å². The third-order valence-corrected chi connectivity index (χ3v) is 3.94. The maximum Gasteiger partial charge on any atom is 0.311 e. The minimum Gasteiger partial charge on any atom is -0.477 e. The smallest absolute Gasteiger partial charge is 0.311 e. The number of benzene rings is 1. The van der Waals surface area contributed by atoms with Crippen LogP contribution >= 0.6 is 0 Å². The first-order valence-electron chi connectivity index (χ1n) is 7.33. The molecule has 0 heterocycles. The second-order valence-corrected chi connectivity index (χ2v) is 5.59. The van der Waals surface area contributed by atoms with Gasteiger partial charge in [0.05, 0.1) is 4.92 Å². The highest BCUT2D eigenvalue weighted by molar-refractivity contribution is 5.78. The van der Waals surface area contributed by atoms with Crippen molar-refractivity contribution in [1.29, 1.82) is 0 Å². The number of carbonyl (C=O) groups is 1. The summed E-state index contributed by atoms with van der Waals surface area (Å²) in [4.78, 5) is 22.1. The topological polar surface area (TPSA) is 81.5 Å². The fourth-order valence-electron chi connectivity index (χ4n) is 2.68. The first-order chi connectivity index (χ1) is 10.5. The largest absolute Gasteiger partial charge is 0.477 e. The summed E-state index contributed by atoms with van der Waals surface area (Å²) in [5.74, 6) is -0.836. The fourth-order valence-corrected chi connectivity index (χ4v) is 2.68. The minimum atomic E-state index is -0.671. The van der Waals surface area contributed by atoms with Gasteiger partial charge in [0.15, 0.2) is 6.61 Å². The van der Waals surface area contributed by atoms with Crippen LogP contribution in [-0.2, 0) is 4.79 Å². The summed E-state index contributed by atoms with van der Waals surface area (Å²) in [6.07, 6.45) is 4.24. The summed E-state index contributed by atoms with van der Waals surface area (Å²) in [6, 6.07) is 3.02. The van der Waals surface area contributed by atoms with E-state index in [0.29, 0.717) is 5.92 Å². The molecule has 2 rings (SSSR count). The summed E-state index contributed by atoms with van der Waals surface area (Å²) in [7, 11) is 0. The molecular weight excluding hydrogens is 291 g/mol. The fraction of sp³-hybridized carbons (Fsp3) is 0.533. The van der Waals surface area contributed by atoms with Gasteiger partial charge < -0.3 is 10.1 Å². The van der Waals surface area contributed by atoms with Crippen molar-refractivity contribution in [3.05, 3.63) is 34.1 Å². The van der Waals surface area contributed by atoms with Crippen molar-refractivity contribution in [3.8, 4) is 5.75 Å². The summed E-state index contributed by atoms with van der Waals surface area (Å²) >= 11 is 0. The van der Waals surface area contributed by atoms with Crippen LogP contribution in [-0.4, -0.2) is 23.5 Å². The Hall–Kier alpha value is -2.18. The van der Waals surface area contributed by atoms with Gasteiger partial charge in [-0.15, -0.1) is 0 Å². The number of nitro groups is 1. The highest BCUT2D eigenvalue weighted by atomic mass is 19.1. The monoisotopic (exact) mass is 310 g/mol. The average molecular weight is 310 g/mol. The lowest BCUT2D eigenvalue weighted by atomic mass is 9.86. The average Bonchev–Trinajstić information content (AvgIpc) is 2.47. The number of hydrogen-bond donors (Lipinski definition) is 1.